The lowest BCUT2D eigenvalue weighted by Crippen LogP contribution is -2.58. The molecule has 2 amide bonds. The maximum atomic E-state index is 12.4. The molecule has 0 saturated carbocycles. The lowest BCUT2D eigenvalue weighted by atomic mass is 9.94. The number of aryl methyl sites for hydroxylation is 1. The van der Waals surface area contributed by atoms with Crippen LogP contribution in [0, 0.1) is 6.92 Å². The van der Waals surface area contributed by atoms with E-state index in [-0.39, 0.29) is 17.5 Å². The fourth-order valence-corrected chi connectivity index (χ4v) is 4.65. The number of rotatable bonds is 2. The van der Waals surface area contributed by atoms with Crippen molar-refractivity contribution in [2.75, 3.05) is 31.2 Å². The summed E-state index contributed by atoms with van der Waals surface area (Å²) < 4.78 is 34.4. The topological polar surface area (TPSA) is 88.8 Å². The number of nitrogens with one attached hydrogen (secondary N) is 1. The second-order valence-corrected chi connectivity index (χ2v) is 8.59. The van der Waals surface area contributed by atoms with Gasteiger partial charge in [0.2, 0.25) is 0 Å². The smallest absolute Gasteiger partial charge is 0.317 e. The summed E-state index contributed by atoms with van der Waals surface area (Å²) in [6, 6.07) is 1.69. The number of carbonyl (C=O) groups excluding carboxylic acids is 1. The van der Waals surface area contributed by atoms with Gasteiger partial charge in [0.1, 0.15) is 5.76 Å². The minimum Gasteiger partial charge on any atom is -0.467 e. The highest BCUT2D eigenvalue weighted by atomic mass is 32.2. The van der Waals surface area contributed by atoms with E-state index in [1.807, 2.05) is 13.0 Å². The van der Waals surface area contributed by atoms with Crippen molar-refractivity contribution in [3.8, 4) is 0 Å². The van der Waals surface area contributed by atoms with Crippen molar-refractivity contribution < 1.29 is 22.4 Å². The van der Waals surface area contributed by atoms with Crippen LogP contribution in [0.3, 0.4) is 0 Å². The van der Waals surface area contributed by atoms with E-state index in [0.717, 1.165) is 11.3 Å². The Hall–Kier alpha value is -1.54. The highest BCUT2D eigenvalue weighted by Gasteiger charge is 2.42. The molecule has 2 saturated heterocycles. The minimum absolute atomic E-state index is 0.133. The molecule has 2 aliphatic rings. The minimum atomic E-state index is -2.95. The third kappa shape index (κ3) is 3.69. The van der Waals surface area contributed by atoms with Gasteiger partial charge in [-0.2, -0.15) is 0 Å². The number of nitrogens with zero attached hydrogens (tertiary/aromatic N) is 1. The van der Waals surface area contributed by atoms with E-state index in [9.17, 15) is 13.2 Å². The number of hydrogen-bond acceptors (Lipinski definition) is 5. The third-order valence-corrected chi connectivity index (χ3v) is 6.29. The first kappa shape index (κ1) is 16.3. The standard InChI is InChI=1S/C15H22N2O5S/c1-12-2-6-21-13(12)10-16-14(18)17-5-7-22-15(11-17)3-8-23(19,20)9-4-15/h2,6H,3-5,7-11H2,1H3,(H,16,18). The van der Waals surface area contributed by atoms with E-state index < -0.39 is 15.4 Å². The first-order valence-corrected chi connectivity index (χ1v) is 9.61. The number of morpholine rings is 1. The summed E-state index contributed by atoms with van der Waals surface area (Å²) in [4.78, 5) is 14.1. The first-order chi connectivity index (χ1) is 10.9. The van der Waals surface area contributed by atoms with Gasteiger partial charge in [-0.3, -0.25) is 0 Å². The predicted octanol–water partition coefficient (Wildman–Crippen LogP) is 1.08. The number of urea groups is 1. The molecule has 0 unspecified atom stereocenters. The molecule has 2 fully saturated rings. The molecular weight excluding hydrogens is 320 g/mol. The molecule has 3 rings (SSSR count). The zero-order valence-corrected chi connectivity index (χ0v) is 14.0. The van der Waals surface area contributed by atoms with E-state index in [2.05, 4.69) is 5.32 Å². The highest BCUT2D eigenvalue weighted by Crippen LogP contribution is 2.31. The molecule has 8 heteroatoms. The molecule has 1 spiro atoms. The van der Waals surface area contributed by atoms with Gasteiger partial charge in [0, 0.05) is 6.54 Å². The summed E-state index contributed by atoms with van der Waals surface area (Å²) in [6.07, 6.45) is 2.51. The molecule has 1 N–H and O–H groups in total. The number of amides is 2. The van der Waals surface area contributed by atoms with Gasteiger partial charge in [-0.1, -0.05) is 0 Å². The maximum Gasteiger partial charge on any atom is 0.317 e. The van der Waals surface area contributed by atoms with Crippen LogP contribution in [-0.2, 0) is 21.1 Å². The van der Waals surface area contributed by atoms with Crippen LogP contribution in [0.5, 0.6) is 0 Å². The Morgan fingerprint density at radius 1 is 1.39 bits per heavy atom. The van der Waals surface area contributed by atoms with Crippen LogP contribution in [0.15, 0.2) is 16.7 Å². The second kappa shape index (κ2) is 6.16. The van der Waals surface area contributed by atoms with Crippen LogP contribution < -0.4 is 5.32 Å². The lowest BCUT2D eigenvalue weighted by molar-refractivity contribution is -0.102. The van der Waals surface area contributed by atoms with Crippen molar-refractivity contribution in [2.45, 2.75) is 31.9 Å². The molecule has 0 aliphatic carbocycles. The van der Waals surface area contributed by atoms with Gasteiger partial charge >= 0.3 is 6.03 Å². The van der Waals surface area contributed by atoms with E-state index in [0.29, 0.717) is 39.1 Å². The van der Waals surface area contributed by atoms with Crippen LogP contribution in [0.25, 0.3) is 0 Å². The Bertz CT molecular complexity index is 668. The summed E-state index contributed by atoms with van der Waals surface area (Å²) in [5, 5.41) is 2.85. The highest BCUT2D eigenvalue weighted by molar-refractivity contribution is 7.91. The molecule has 7 nitrogen and oxygen atoms in total. The van der Waals surface area contributed by atoms with Crippen molar-refractivity contribution in [2.24, 2.45) is 0 Å². The number of furan rings is 1. The van der Waals surface area contributed by atoms with Crippen molar-refractivity contribution >= 4 is 15.9 Å². The first-order valence-electron chi connectivity index (χ1n) is 7.79. The molecule has 0 aromatic carbocycles. The molecule has 2 aliphatic heterocycles. The van der Waals surface area contributed by atoms with Gasteiger partial charge in [0.15, 0.2) is 9.84 Å². The average Bonchev–Trinajstić information content (AvgIpc) is 2.94. The molecular formula is C15H22N2O5S. The second-order valence-electron chi connectivity index (χ2n) is 6.29. The van der Waals surface area contributed by atoms with E-state index in [1.54, 1.807) is 11.2 Å². The van der Waals surface area contributed by atoms with Crippen LogP contribution in [-0.4, -0.2) is 56.2 Å². The summed E-state index contributed by atoms with van der Waals surface area (Å²) in [6.45, 7) is 3.66. The normalized spacial score (nSPS) is 22.9. The van der Waals surface area contributed by atoms with Crippen LogP contribution in [0.1, 0.15) is 24.2 Å². The van der Waals surface area contributed by atoms with E-state index in [1.165, 1.54) is 0 Å². The van der Waals surface area contributed by atoms with Crippen molar-refractivity contribution in [3.63, 3.8) is 0 Å². The van der Waals surface area contributed by atoms with Crippen LogP contribution in [0.2, 0.25) is 0 Å². The quantitative estimate of drug-likeness (QED) is 0.869. The van der Waals surface area contributed by atoms with Crippen LogP contribution in [0.4, 0.5) is 4.79 Å². The zero-order valence-electron chi connectivity index (χ0n) is 13.2. The molecule has 1 aromatic rings. The van der Waals surface area contributed by atoms with E-state index in [4.69, 9.17) is 9.15 Å². The van der Waals surface area contributed by atoms with Gasteiger partial charge < -0.3 is 19.4 Å². The number of carbonyl (C=O) groups is 1. The van der Waals surface area contributed by atoms with E-state index >= 15 is 0 Å². The fourth-order valence-electron chi connectivity index (χ4n) is 3.08. The van der Waals surface area contributed by atoms with Gasteiger partial charge in [-0.15, -0.1) is 0 Å². The Morgan fingerprint density at radius 2 is 2.13 bits per heavy atom. The summed E-state index contributed by atoms with van der Waals surface area (Å²) in [5.74, 6) is 1.01. The summed E-state index contributed by atoms with van der Waals surface area (Å²) >= 11 is 0. The lowest BCUT2D eigenvalue weighted by Gasteiger charge is -2.44. The third-order valence-electron chi connectivity index (χ3n) is 4.64. The van der Waals surface area contributed by atoms with Gasteiger partial charge in [0.25, 0.3) is 0 Å². The summed E-state index contributed by atoms with van der Waals surface area (Å²) in [5.41, 5.74) is 0.489. The molecule has 0 atom stereocenters. The SMILES string of the molecule is Cc1ccoc1CNC(=O)N1CCOC2(CCS(=O)(=O)CC2)C1. The zero-order chi connectivity index (χ0) is 16.5. The molecule has 3 heterocycles. The molecule has 0 radical (unpaired) electrons. The Labute approximate surface area is 135 Å². The number of hydrogen-bond donors (Lipinski definition) is 1. The molecule has 0 bridgehead atoms. The summed E-state index contributed by atoms with van der Waals surface area (Å²) in [7, 11) is -2.95. The average molecular weight is 342 g/mol. The monoisotopic (exact) mass is 342 g/mol. The number of ether oxygens (including phenoxy) is 1. The number of sulfone groups is 1. The van der Waals surface area contributed by atoms with Crippen molar-refractivity contribution in [1.82, 2.24) is 10.2 Å². The van der Waals surface area contributed by atoms with Gasteiger partial charge in [-0.05, 0) is 31.4 Å². The van der Waals surface area contributed by atoms with Gasteiger partial charge in [-0.25, -0.2) is 13.2 Å². The molecule has 128 valence electrons. The Kier molecular flexibility index (Phi) is 4.37. The molecule has 1 aromatic heterocycles. The van der Waals surface area contributed by atoms with Crippen molar-refractivity contribution in [3.05, 3.63) is 23.7 Å². The Balaban J connectivity index is 1.58. The van der Waals surface area contributed by atoms with Crippen molar-refractivity contribution in [1.29, 1.82) is 0 Å². The largest absolute Gasteiger partial charge is 0.467 e. The molecule has 23 heavy (non-hydrogen) atoms. The fraction of sp³-hybridized carbons (Fsp3) is 0.667. The van der Waals surface area contributed by atoms with Crippen LogP contribution >= 0.6 is 0 Å². The Morgan fingerprint density at radius 3 is 2.78 bits per heavy atom. The maximum absolute atomic E-state index is 12.4. The van der Waals surface area contributed by atoms with Gasteiger partial charge in [0.05, 0.1) is 43.1 Å². The predicted molar refractivity (Wildman–Crippen MR) is 83.8 cm³/mol.